The molecule has 2 heterocycles. The number of aryl methyl sites for hydroxylation is 1. The van der Waals surface area contributed by atoms with Crippen LogP contribution in [0.4, 0.5) is 5.69 Å². The third kappa shape index (κ3) is 6.15. The van der Waals surface area contributed by atoms with E-state index in [-0.39, 0.29) is 18.5 Å². The van der Waals surface area contributed by atoms with Crippen molar-refractivity contribution < 1.29 is 9.47 Å². The van der Waals surface area contributed by atoms with E-state index in [4.69, 9.17) is 26.8 Å². The van der Waals surface area contributed by atoms with Crippen LogP contribution in [0.2, 0.25) is 5.02 Å². The summed E-state index contributed by atoms with van der Waals surface area (Å²) in [5.74, 6) is 0.150. The second kappa shape index (κ2) is 10.6. The molecule has 5 nitrogen and oxygen atoms in total. The molecule has 160 valence electrons. The molecule has 3 aromatic rings. The molecule has 0 radical (unpaired) electrons. The van der Waals surface area contributed by atoms with Crippen LogP contribution in [0.1, 0.15) is 12.0 Å². The fraction of sp³-hybridized carbons (Fsp3) is 0.318. The highest BCUT2D eigenvalue weighted by molar-refractivity contribution is 7.99. The molecule has 0 saturated carbocycles. The third-order valence-corrected chi connectivity index (χ3v) is 6.28. The van der Waals surface area contributed by atoms with Crippen LogP contribution >= 0.6 is 35.8 Å². The lowest BCUT2D eigenvalue weighted by Crippen LogP contribution is -2.37. The van der Waals surface area contributed by atoms with Gasteiger partial charge in [-0.15, -0.1) is 24.2 Å². The predicted molar refractivity (Wildman–Crippen MR) is 124 cm³/mol. The van der Waals surface area contributed by atoms with Gasteiger partial charge in [0, 0.05) is 40.2 Å². The van der Waals surface area contributed by atoms with Crippen LogP contribution in [-0.2, 0) is 22.4 Å². The number of anilines is 1. The summed E-state index contributed by atoms with van der Waals surface area (Å²) in [4.78, 5) is 5.29. The van der Waals surface area contributed by atoms with Gasteiger partial charge >= 0.3 is 0 Å². The Morgan fingerprint density at radius 3 is 2.80 bits per heavy atom. The Bertz CT molecular complexity index is 924. The topological polar surface area (TPSA) is 62.3 Å². The molecular formula is C22H25Cl2N3O2S. The predicted octanol–water partition coefficient (Wildman–Crippen LogP) is 5.08. The van der Waals surface area contributed by atoms with Crippen LogP contribution in [0.25, 0.3) is 0 Å². The molecule has 0 spiro atoms. The number of rotatable bonds is 8. The molecule has 4 rings (SSSR count). The SMILES string of the molecule is Cl.Nc1cccc(SC[C@@H]2CO[C@](CCc3ccc(Cl)cc3)(Cn3ccnc3)O2)c1. The molecule has 0 bridgehead atoms. The quantitative estimate of drug-likeness (QED) is 0.371. The number of hydrogen-bond donors (Lipinski definition) is 1. The number of thioether (sulfide) groups is 1. The Hall–Kier alpha value is -1.70. The molecule has 1 fully saturated rings. The fourth-order valence-electron chi connectivity index (χ4n) is 3.43. The average molecular weight is 466 g/mol. The number of nitrogen functional groups attached to an aromatic ring is 1. The number of halogens is 2. The minimum Gasteiger partial charge on any atom is -0.399 e. The van der Waals surface area contributed by atoms with E-state index in [1.807, 2.05) is 41.1 Å². The van der Waals surface area contributed by atoms with Crippen molar-refractivity contribution in [3.8, 4) is 0 Å². The minimum atomic E-state index is -0.665. The first-order valence-electron chi connectivity index (χ1n) is 9.61. The smallest absolute Gasteiger partial charge is 0.187 e. The lowest BCUT2D eigenvalue weighted by molar-refractivity contribution is -0.180. The van der Waals surface area contributed by atoms with Crippen molar-refractivity contribution in [1.29, 1.82) is 0 Å². The number of benzene rings is 2. The van der Waals surface area contributed by atoms with Gasteiger partial charge in [0.05, 0.1) is 25.6 Å². The maximum Gasteiger partial charge on any atom is 0.187 e. The van der Waals surface area contributed by atoms with Crippen LogP contribution < -0.4 is 5.73 Å². The van der Waals surface area contributed by atoms with E-state index in [9.17, 15) is 0 Å². The molecule has 1 aliphatic heterocycles. The molecule has 1 aromatic heterocycles. The number of hydrogen-bond acceptors (Lipinski definition) is 5. The van der Waals surface area contributed by atoms with Crippen molar-refractivity contribution in [2.75, 3.05) is 18.1 Å². The van der Waals surface area contributed by atoms with Gasteiger partial charge in [-0.2, -0.15) is 0 Å². The van der Waals surface area contributed by atoms with Crippen LogP contribution in [0, 0.1) is 0 Å². The summed E-state index contributed by atoms with van der Waals surface area (Å²) in [7, 11) is 0. The highest BCUT2D eigenvalue weighted by atomic mass is 35.5. The Balaban J connectivity index is 0.00000256. The molecule has 2 aromatic carbocycles. The Morgan fingerprint density at radius 1 is 1.23 bits per heavy atom. The number of nitrogens with two attached hydrogens (primary N) is 1. The van der Waals surface area contributed by atoms with Crippen LogP contribution in [0.5, 0.6) is 0 Å². The van der Waals surface area contributed by atoms with Crippen molar-refractivity contribution in [3.05, 3.63) is 77.8 Å². The normalized spacial score (nSPS) is 20.8. The molecule has 1 aliphatic rings. The van der Waals surface area contributed by atoms with E-state index in [0.717, 1.165) is 34.2 Å². The first-order valence-corrected chi connectivity index (χ1v) is 11.0. The van der Waals surface area contributed by atoms with Gasteiger partial charge in [-0.05, 0) is 42.3 Å². The average Bonchev–Trinajstić information content (AvgIpc) is 3.37. The van der Waals surface area contributed by atoms with Gasteiger partial charge in [0.15, 0.2) is 5.79 Å². The summed E-state index contributed by atoms with van der Waals surface area (Å²) in [6.07, 6.45) is 7.13. The Kier molecular flexibility index (Phi) is 8.08. The first-order chi connectivity index (χ1) is 14.1. The van der Waals surface area contributed by atoms with Crippen molar-refractivity contribution in [1.82, 2.24) is 9.55 Å². The summed E-state index contributed by atoms with van der Waals surface area (Å²) < 4.78 is 14.7. The van der Waals surface area contributed by atoms with Crippen molar-refractivity contribution >= 4 is 41.5 Å². The van der Waals surface area contributed by atoms with Crippen molar-refractivity contribution in [2.45, 2.75) is 36.2 Å². The minimum absolute atomic E-state index is 0. The maximum absolute atomic E-state index is 6.47. The Morgan fingerprint density at radius 2 is 2.07 bits per heavy atom. The summed E-state index contributed by atoms with van der Waals surface area (Å²) in [5, 5.41) is 0.744. The molecule has 8 heteroatoms. The number of ether oxygens (including phenoxy) is 2. The van der Waals surface area contributed by atoms with Gasteiger partial charge in [0.2, 0.25) is 0 Å². The van der Waals surface area contributed by atoms with Gasteiger partial charge in [0.25, 0.3) is 0 Å². The van der Waals surface area contributed by atoms with Gasteiger partial charge in [-0.1, -0.05) is 29.8 Å². The van der Waals surface area contributed by atoms with Crippen LogP contribution in [0.3, 0.4) is 0 Å². The third-order valence-electron chi connectivity index (χ3n) is 4.90. The zero-order valence-electron chi connectivity index (χ0n) is 16.4. The standard InChI is InChI=1S/C22H24ClN3O2S.ClH/c23-18-6-4-17(5-7-18)8-9-22(15-26-11-10-25-16-26)27-13-20(28-22)14-29-21-3-1-2-19(24)12-21;/h1-7,10-12,16,20H,8-9,13-15,24H2;1H/t20-,22-;/m0./s1. The first kappa shape index (κ1) is 23.0. The van der Waals surface area contributed by atoms with Gasteiger partial charge in [-0.3, -0.25) is 0 Å². The van der Waals surface area contributed by atoms with E-state index >= 15 is 0 Å². The molecule has 2 N–H and O–H groups in total. The lowest BCUT2D eigenvalue weighted by Gasteiger charge is -2.28. The van der Waals surface area contributed by atoms with Crippen LogP contribution in [-0.4, -0.2) is 33.8 Å². The summed E-state index contributed by atoms with van der Waals surface area (Å²) in [6.45, 7) is 1.19. The molecule has 30 heavy (non-hydrogen) atoms. The highest BCUT2D eigenvalue weighted by Crippen LogP contribution is 2.33. The van der Waals surface area contributed by atoms with E-state index in [1.54, 1.807) is 24.3 Å². The lowest BCUT2D eigenvalue weighted by atomic mass is 10.0. The number of aromatic nitrogens is 2. The summed E-state index contributed by atoms with van der Waals surface area (Å²) in [6, 6.07) is 15.9. The highest BCUT2D eigenvalue weighted by Gasteiger charge is 2.41. The second-order valence-corrected chi connectivity index (χ2v) is 8.74. The maximum atomic E-state index is 6.47. The van der Waals surface area contributed by atoms with E-state index in [1.165, 1.54) is 5.56 Å². The molecule has 0 unspecified atom stereocenters. The van der Waals surface area contributed by atoms with Gasteiger partial charge in [0.1, 0.15) is 0 Å². The number of imidazole rings is 1. The van der Waals surface area contributed by atoms with E-state index in [0.29, 0.717) is 13.2 Å². The summed E-state index contributed by atoms with van der Waals surface area (Å²) >= 11 is 7.74. The van der Waals surface area contributed by atoms with Crippen molar-refractivity contribution in [3.63, 3.8) is 0 Å². The molecule has 2 atom stereocenters. The van der Waals surface area contributed by atoms with Gasteiger partial charge in [-0.25, -0.2) is 4.98 Å². The fourth-order valence-corrected chi connectivity index (χ4v) is 4.49. The monoisotopic (exact) mass is 465 g/mol. The second-order valence-electron chi connectivity index (χ2n) is 7.21. The zero-order valence-corrected chi connectivity index (χ0v) is 18.8. The zero-order chi connectivity index (χ0) is 20.1. The largest absolute Gasteiger partial charge is 0.399 e. The molecule has 0 aliphatic carbocycles. The molecular weight excluding hydrogens is 441 g/mol. The van der Waals surface area contributed by atoms with E-state index in [2.05, 4.69) is 23.2 Å². The molecule has 1 saturated heterocycles. The Labute approximate surface area is 192 Å². The number of nitrogens with zero attached hydrogens (tertiary/aromatic N) is 2. The van der Waals surface area contributed by atoms with Gasteiger partial charge < -0.3 is 19.8 Å². The van der Waals surface area contributed by atoms with Crippen molar-refractivity contribution in [2.24, 2.45) is 0 Å². The van der Waals surface area contributed by atoms with Crippen LogP contribution in [0.15, 0.2) is 72.1 Å². The molecule has 0 amide bonds. The van der Waals surface area contributed by atoms with E-state index < -0.39 is 5.79 Å². The summed E-state index contributed by atoms with van der Waals surface area (Å²) in [5.41, 5.74) is 7.87.